The van der Waals surface area contributed by atoms with Crippen molar-refractivity contribution >= 4 is 28.5 Å². The third-order valence-corrected chi connectivity index (χ3v) is 3.51. The topological polar surface area (TPSA) is 47.9 Å². The molecule has 0 saturated carbocycles. The van der Waals surface area contributed by atoms with Gasteiger partial charge >= 0.3 is 0 Å². The van der Waals surface area contributed by atoms with Crippen molar-refractivity contribution in [1.29, 1.82) is 0 Å². The van der Waals surface area contributed by atoms with E-state index in [1.54, 1.807) is 11.1 Å². The highest BCUT2D eigenvalue weighted by Gasteiger charge is 2.37. The van der Waals surface area contributed by atoms with Gasteiger partial charge in [0, 0.05) is 18.1 Å². The van der Waals surface area contributed by atoms with Gasteiger partial charge in [-0.05, 0) is 18.4 Å². The molecule has 0 aliphatic carbocycles. The number of thioether (sulfide) groups is 1. The second-order valence-electron chi connectivity index (χ2n) is 3.88. The summed E-state index contributed by atoms with van der Waals surface area (Å²) >= 11 is 1.51. The first-order valence-electron chi connectivity index (χ1n) is 5.53. The molecule has 1 amide bonds. The standard InChI is InChI=1S/C12H12N4OS/c1-18-12-14-13-10-11(17)15(7-8-16(10)12)9-5-3-2-4-6-9/h2-8,10,13H,1H3. The summed E-state index contributed by atoms with van der Waals surface area (Å²) in [6, 6.07) is 9.56. The highest BCUT2D eigenvalue weighted by atomic mass is 32.2. The molecule has 92 valence electrons. The summed E-state index contributed by atoms with van der Waals surface area (Å²) in [6.45, 7) is 0. The molecule has 0 radical (unpaired) electrons. The Kier molecular flexibility index (Phi) is 2.71. The number of nitrogens with zero attached hydrogens (tertiary/aromatic N) is 3. The van der Waals surface area contributed by atoms with Crippen LogP contribution < -0.4 is 10.3 Å². The van der Waals surface area contributed by atoms with Gasteiger partial charge in [-0.1, -0.05) is 30.0 Å². The Labute approximate surface area is 109 Å². The Bertz CT molecular complexity index is 528. The van der Waals surface area contributed by atoms with Crippen molar-refractivity contribution in [3.05, 3.63) is 42.7 Å². The van der Waals surface area contributed by atoms with Crippen LogP contribution >= 0.6 is 11.8 Å². The van der Waals surface area contributed by atoms with Crippen molar-refractivity contribution in [2.45, 2.75) is 6.17 Å². The minimum absolute atomic E-state index is 0.0310. The zero-order chi connectivity index (χ0) is 12.5. The number of carbonyl (C=O) groups is 1. The first kappa shape index (κ1) is 11.2. The van der Waals surface area contributed by atoms with Crippen LogP contribution in [0, 0.1) is 0 Å². The van der Waals surface area contributed by atoms with Crippen LogP contribution in [0.25, 0.3) is 0 Å². The number of hydrogen-bond donors (Lipinski definition) is 1. The zero-order valence-electron chi connectivity index (χ0n) is 9.78. The number of benzene rings is 1. The molecular weight excluding hydrogens is 248 g/mol. The van der Waals surface area contributed by atoms with Gasteiger partial charge < -0.3 is 0 Å². The van der Waals surface area contributed by atoms with Gasteiger partial charge in [-0.2, -0.15) is 5.10 Å². The second-order valence-corrected chi connectivity index (χ2v) is 4.65. The number of hydrazone groups is 1. The molecule has 2 aliphatic heterocycles. The Morgan fingerprint density at radius 2 is 2.06 bits per heavy atom. The highest BCUT2D eigenvalue weighted by Crippen LogP contribution is 2.24. The zero-order valence-corrected chi connectivity index (χ0v) is 10.6. The number of fused-ring (bicyclic) bond motifs is 1. The van der Waals surface area contributed by atoms with Crippen LogP contribution in [0.3, 0.4) is 0 Å². The number of anilines is 1. The lowest BCUT2D eigenvalue weighted by Gasteiger charge is -2.31. The van der Waals surface area contributed by atoms with Gasteiger partial charge in [-0.25, -0.2) is 0 Å². The third-order valence-electron chi connectivity index (χ3n) is 2.85. The van der Waals surface area contributed by atoms with Gasteiger partial charge in [-0.3, -0.25) is 20.0 Å². The first-order chi connectivity index (χ1) is 8.81. The van der Waals surface area contributed by atoms with E-state index >= 15 is 0 Å². The predicted octanol–water partition coefficient (Wildman–Crippen LogP) is 1.37. The minimum Gasteiger partial charge on any atom is -0.294 e. The molecule has 2 aliphatic rings. The Balaban J connectivity index is 1.90. The van der Waals surface area contributed by atoms with Gasteiger partial charge in [0.05, 0.1) is 0 Å². The SMILES string of the molecule is CSC1=NNC2C(=O)N(c3ccccc3)C=CN12. The maximum absolute atomic E-state index is 12.4. The van der Waals surface area contributed by atoms with Crippen LogP contribution in [0.4, 0.5) is 5.69 Å². The molecule has 5 nitrogen and oxygen atoms in total. The molecule has 1 aromatic rings. The Hall–Kier alpha value is -1.95. The summed E-state index contributed by atoms with van der Waals surface area (Å²) in [4.78, 5) is 15.8. The van der Waals surface area contributed by atoms with Crippen LogP contribution in [0.2, 0.25) is 0 Å². The van der Waals surface area contributed by atoms with Gasteiger partial charge in [0.1, 0.15) is 0 Å². The van der Waals surface area contributed by atoms with E-state index in [1.807, 2.05) is 47.7 Å². The molecule has 18 heavy (non-hydrogen) atoms. The molecule has 0 fully saturated rings. The molecule has 0 aromatic heterocycles. The number of para-hydroxylation sites is 1. The normalized spacial score (nSPS) is 21.7. The van der Waals surface area contributed by atoms with Gasteiger partial charge in [0.2, 0.25) is 6.17 Å². The number of rotatable bonds is 1. The lowest BCUT2D eigenvalue weighted by Crippen LogP contribution is -2.52. The number of amidine groups is 1. The number of carbonyl (C=O) groups excluding carboxylic acids is 1. The second kappa shape index (κ2) is 4.38. The average molecular weight is 260 g/mol. The molecule has 1 aromatic carbocycles. The van der Waals surface area contributed by atoms with Crippen LogP contribution in [-0.4, -0.2) is 28.4 Å². The van der Waals surface area contributed by atoms with Crippen molar-refractivity contribution < 1.29 is 4.79 Å². The van der Waals surface area contributed by atoms with Crippen molar-refractivity contribution in [2.75, 3.05) is 11.2 Å². The molecule has 1 atom stereocenters. The molecule has 2 heterocycles. The lowest BCUT2D eigenvalue weighted by molar-refractivity contribution is -0.122. The molecule has 3 rings (SSSR count). The number of hydrogen-bond acceptors (Lipinski definition) is 5. The molecule has 0 bridgehead atoms. The predicted molar refractivity (Wildman–Crippen MR) is 72.8 cm³/mol. The van der Waals surface area contributed by atoms with E-state index in [-0.39, 0.29) is 5.91 Å². The summed E-state index contributed by atoms with van der Waals surface area (Å²) in [5.41, 5.74) is 3.72. The van der Waals surface area contributed by atoms with E-state index in [2.05, 4.69) is 10.5 Å². The van der Waals surface area contributed by atoms with Crippen molar-refractivity contribution in [1.82, 2.24) is 10.3 Å². The highest BCUT2D eigenvalue weighted by molar-refractivity contribution is 8.13. The maximum atomic E-state index is 12.4. The molecular formula is C12H12N4OS. The lowest BCUT2D eigenvalue weighted by atomic mass is 10.2. The number of amides is 1. The van der Waals surface area contributed by atoms with Crippen molar-refractivity contribution in [3.63, 3.8) is 0 Å². The van der Waals surface area contributed by atoms with Crippen LogP contribution in [0.15, 0.2) is 47.8 Å². The van der Waals surface area contributed by atoms with Crippen molar-refractivity contribution in [2.24, 2.45) is 5.10 Å². The van der Waals surface area contributed by atoms with Gasteiger partial charge in [-0.15, -0.1) is 0 Å². The summed E-state index contributed by atoms with van der Waals surface area (Å²) in [7, 11) is 0. The largest absolute Gasteiger partial charge is 0.294 e. The minimum atomic E-state index is -0.433. The molecule has 1 N–H and O–H groups in total. The van der Waals surface area contributed by atoms with Crippen LogP contribution in [0.5, 0.6) is 0 Å². The Morgan fingerprint density at radius 1 is 1.28 bits per heavy atom. The van der Waals surface area contributed by atoms with E-state index in [4.69, 9.17) is 0 Å². The third kappa shape index (κ3) is 1.65. The summed E-state index contributed by atoms with van der Waals surface area (Å²) in [5.74, 6) is -0.0310. The Morgan fingerprint density at radius 3 is 2.78 bits per heavy atom. The molecule has 6 heteroatoms. The fraction of sp³-hybridized carbons (Fsp3) is 0.167. The summed E-state index contributed by atoms with van der Waals surface area (Å²) in [5, 5.41) is 4.94. The monoisotopic (exact) mass is 260 g/mol. The van der Waals surface area contributed by atoms with Gasteiger partial charge in [0.15, 0.2) is 5.17 Å². The molecule has 0 saturated heterocycles. The molecule has 1 unspecified atom stereocenters. The number of nitrogens with one attached hydrogen (secondary N) is 1. The van der Waals surface area contributed by atoms with E-state index in [0.29, 0.717) is 0 Å². The van der Waals surface area contributed by atoms with E-state index < -0.39 is 6.17 Å². The molecule has 0 spiro atoms. The van der Waals surface area contributed by atoms with Crippen LogP contribution in [0.1, 0.15) is 0 Å². The summed E-state index contributed by atoms with van der Waals surface area (Å²) in [6.07, 6.45) is 5.14. The van der Waals surface area contributed by atoms with Gasteiger partial charge in [0.25, 0.3) is 5.91 Å². The summed E-state index contributed by atoms with van der Waals surface area (Å²) < 4.78 is 0. The van der Waals surface area contributed by atoms with E-state index in [1.165, 1.54) is 11.8 Å². The maximum Gasteiger partial charge on any atom is 0.276 e. The van der Waals surface area contributed by atoms with E-state index in [0.717, 1.165) is 10.9 Å². The fourth-order valence-corrected chi connectivity index (χ4v) is 2.49. The van der Waals surface area contributed by atoms with Crippen LogP contribution in [-0.2, 0) is 4.79 Å². The fourth-order valence-electron chi connectivity index (χ4n) is 1.97. The van der Waals surface area contributed by atoms with E-state index in [9.17, 15) is 4.79 Å². The average Bonchev–Trinajstić information content (AvgIpc) is 2.84. The quantitative estimate of drug-likeness (QED) is 0.828. The first-order valence-corrected chi connectivity index (χ1v) is 6.76. The smallest absolute Gasteiger partial charge is 0.276 e. The van der Waals surface area contributed by atoms with Crippen molar-refractivity contribution in [3.8, 4) is 0 Å².